The van der Waals surface area contributed by atoms with E-state index in [9.17, 15) is 5.11 Å². The van der Waals surface area contributed by atoms with E-state index in [-0.39, 0.29) is 0 Å². The van der Waals surface area contributed by atoms with E-state index in [2.05, 4.69) is 28.7 Å². The highest BCUT2D eigenvalue weighted by atomic mass is 35.5. The van der Waals surface area contributed by atoms with Crippen molar-refractivity contribution in [2.45, 2.75) is 55.6 Å². The van der Waals surface area contributed by atoms with E-state index in [1.165, 1.54) is 24.0 Å². The molecule has 0 saturated heterocycles. The minimum absolute atomic E-state index is 0.612. The Balaban J connectivity index is 2.38. The number of hydrogen-bond acceptors (Lipinski definition) is 6. The Hall–Kier alpha value is -0.890. The monoisotopic (exact) mass is 440 g/mol. The number of benzene rings is 2. The number of aliphatic hydroxyl groups is 1. The van der Waals surface area contributed by atoms with E-state index in [1.54, 1.807) is 13.8 Å². The van der Waals surface area contributed by atoms with Gasteiger partial charge in [0.15, 0.2) is 0 Å². The molecule has 0 saturated carbocycles. The summed E-state index contributed by atoms with van der Waals surface area (Å²) in [4.78, 5) is 4.08. The van der Waals surface area contributed by atoms with Gasteiger partial charge in [-0.3, -0.25) is 4.72 Å². The van der Waals surface area contributed by atoms with Crippen LogP contribution in [0.2, 0.25) is 5.02 Å². The molecule has 2 aromatic carbocycles. The molecule has 2 N–H and O–H groups in total. The number of nitrogens with zero attached hydrogens (tertiary/aromatic N) is 1. The summed E-state index contributed by atoms with van der Waals surface area (Å²) in [7, 11) is 1.89. The molecule has 0 atom stereocenters. The lowest BCUT2D eigenvalue weighted by Gasteiger charge is -2.36. The van der Waals surface area contributed by atoms with Crippen LogP contribution >= 0.6 is 35.6 Å². The van der Waals surface area contributed by atoms with Gasteiger partial charge in [-0.15, -0.1) is 0 Å². The fourth-order valence-corrected chi connectivity index (χ4v) is 4.15. The summed E-state index contributed by atoms with van der Waals surface area (Å²) in [6.07, 6.45) is 0. The van der Waals surface area contributed by atoms with Gasteiger partial charge in [0.1, 0.15) is 5.60 Å². The Morgan fingerprint density at radius 2 is 1.75 bits per heavy atom. The van der Waals surface area contributed by atoms with Gasteiger partial charge in [-0.05, 0) is 77.9 Å². The molecule has 0 spiro atoms. The normalized spacial score (nSPS) is 12.3. The lowest BCUT2D eigenvalue weighted by atomic mass is 9.90. The van der Waals surface area contributed by atoms with Gasteiger partial charge in [-0.2, -0.15) is 0 Å². The van der Waals surface area contributed by atoms with Crippen molar-refractivity contribution in [1.29, 1.82) is 0 Å². The van der Waals surface area contributed by atoms with Crippen molar-refractivity contribution >= 4 is 47.0 Å². The van der Waals surface area contributed by atoms with Crippen LogP contribution in [0.1, 0.15) is 34.6 Å². The highest BCUT2D eigenvalue weighted by molar-refractivity contribution is 7.97. The summed E-state index contributed by atoms with van der Waals surface area (Å²) < 4.78 is 9.10. The molecule has 0 aromatic heterocycles. The van der Waals surface area contributed by atoms with Crippen molar-refractivity contribution in [3.63, 3.8) is 0 Å². The number of anilines is 2. The first-order valence-electron chi connectivity index (χ1n) is 9.18. The van der Waals surface area contributed by atoms with Crippen LogP contribution in [-0.2, 0) is 4.18 Å². The van der Waals surface area contributed by atoms with Crippen LogP contribution in [0.25, 0.3) is 0 Å². The largest absolute Gasteiger partial charge is 0.387 e. The summed E-state index contributed by atoms with van der Waals surface area (Å²) in [5, 5.41) is 10.9. The molecule has 28 heavy (non-hydrogen) atoms. The minimum atomic E-state index is -0.985. The summed E-state index contributed by atoms with van der Waals surface area (Å²) in [5.74, 6) is 0. The topological polar surface area (TPSA) is 44.7 Å². The zero-order valence-electron chi connectivity index (χ0n) is 17.2. The van der Waals surface area contributed by atoms with Gasteiger partial charge in [0.05, 0.1) is 21.2 Å². The molecular formula is C21H29ClN2O2S2. The molecular weight excluding hydrogens is 412 g/mol. The summed E-state index contributed by atoms with van der Waals surface area (Å²) in [5.41, 5.74) is 0.416. The number of rotatable bonds is 9. The van der Waals surface area contributed by atoms with Gasteiger partial charge in [0.2, 0.25) is 0 Å². The van der Waals surface area contributed by atoms with Crippen LogP contribution in [0.4, 0.5) is 11.4 Å². The van der Waals surface area contributed by atoms with Crippen molar-refractivity contribution in [1.82, 2.24) is 4.72 Å². The van der Waals surface area contributed by atoms with Crippen molar-refractivity contribution in [3.05, 3.63) is 47.5 Å². The van der Waals surface area contributed by atoms with Gasteiger partial charge in [-0.1, -0.05) is 29.8 Å². The maximum Gasteiger partial charge on any atom is 0.106 e. The highest BCUT2D eigenvalue weighted by Gasteiger charge is 2.37. The van der Waals surface area contributed by atoms with Crippen LogP contribution in [0, 0.1) is 0 Å². The Bertz CT molecular complexity index is 780. The molecule has 0 radical (unpaired) electrons. The summed E-state index contributed by atoms with van der Waals surface area (Å²) in [6, 6.07) is 14.2. The third-order valence-corrected chi connectivity index (χ3v) is 6.91. The second-order valence-electron chi connectivity index (χ2n) is 7.37. The summed E-state index contributed by atoms with van der Waals surface area (Å²) >= 11 is 9.34. The van der Waals surface area contributed by atoms with Gasteiger partial charge in [0.25, 0.3) is 0 Å². The van der Waals surface area contributed by atoms with E-state index >= 15 is 0 Å². The van der Waals surface area contributed by atoms with Crippen molar-refractivity contribution in [2.75, 3.05) is 18.5 Å². The van der Waals surface area contributed by atoms with E-state index in [4.69, 9.17) is 15.8 Å². The fraction of sp³-hybridized carbons (Fsp3) is 0.429. The van der Waals surface area contributed by atoms with Gasteiger partial charge < -0.3 is 14.2 Å². The second kappa shape index (κ2) is 9.74. The number of hydrogen-bond donors (Lipinski definition) is 2. The smallest absolute Gasteiger partial charge is 0.106 e. The van der Waals surface area contributed by atoms with Crippen LogP contribution < -0.4 is 9.62 Å². The molecule has 0 amide bonds. The molecule has 2 rings (SSSR count). The van der Waals surface area contributed by atoms with Crippen LogP contribution in [0.3, 0.4) is 0 Å². The molecule has 2 aromatic rings. The fourth-order valence-electron chi connectivity index (χ4n) is 2.34. The number of nitrogens with one attached hydrogen (secondary N) is 1. The molecule has 0 heterocycles. The van der Waals surface area contributed by atoms with Crippen LogP contribution in [0.15, 0.2) is 52.3 Å². The van der Waals surface area contributed by atoms with Gasteiger partial charge in [-0.25, -0.2) is 0 Å². The quantitative estimate of drug-likeness (QED) is 0.352. The molecule has 7 heteroatoms. The van der Waals surface area contributed by atoms with E-state index in [0.717, 1.165) is 27.7 Å². The molecule has 154 valence electrons. The maximum absolute atomic E-state index is 10.3. The zero-order valence-corrected chi connectivity index (χ0v) is 19.6. The lowest BCUT2D eigenvalue weighted by molar-refractivity contribution is -0.0813. The van der Waals surface area contributed by atoms with Crippen molar-refractivity contribution in [3.8, 4) is 0 Å². The molecule has 0 unspecified atom stereocenters. The Kier molecular flexibility index (Phi) is 8.14. The maximum atomic E-state index is 10.3. The first-order valence-corrected chi connectivity index (χ1v) is 11.1. The summed E-state index contributed by atoms with van der Waals surface area (Å²) in [6.45, 7) is 10.1. The van der Waals surface area contributed by atoms with E-state index in [1.807, 2.05) is 51.2 Å². The molecule has 0 aliphatic heterocycles. The van der Waals surface area contributed by atoms with Crippen LogP contribution in [-0.4, -0.2) is 29.9 Å². The average Bonchev–Trinajstić information content (AvgIpc) is 2.63. The Labute approximate surface area is 182 Å². The minimum Gasteiger partial charge on any atom is -0.387 e. The average molecular weight is 441 g/mol. The van der Waals surface area contributed by atoms with E-state index < -0.39 is 11.2 Å². The lowest BCUT2D eigenvalue weighted by Crippen LogP contribution is -2.45. The highest BCUT2D eigenvalue weighted by Crippen LogP contribution is 2.42. The van der Waals surface area contributed by atoms with Gasteiger partial charge >= 0.3 is 0 Å². The Morgan fingerprint density at radius 3 is 2.29 bits per heavy atom. The molecule has 0 bridgehead atoms. The number of halogens is 1. The van der Waals surface area contributed by atoms with Crippen LogP contribution in [0.5, 0.6) is 0 Å². The number of para-hydroxylation sites is 1. The second-order valence-corrected chi connectivity index (χ2v) is 9.60. The third-order valence-electron chi connectivity index (χ3n) is 4.71. The molecule has 0 aliphatic carbocycles. The van der Waals surface area contributed by atoms with E-state index in [0.29, 0.717) is 5.02 Å². The van der Waals surface area contributed by atoms with Gasteiger partial charge in [0, 0.05) is 29.2 Å². The first kappa shape index (κ1) is 23.4. The standard InChI is InChI=1S/C21H29ClN2O2S2/c1-7-24(15-11-9-8-10-12-15)17-13-16(22)18(14-19(17)27-23-6)28-26-21(4,5)20(2,3)25/h8-14,23,25H,7H2,1-6H3. The van der Waals surface area contributed by atoms with Crippen molar-refractivity contribution < 1.29 is 9.29 Å². The Morgan fingerprint density at radius 1 is 1.11 bits per heavy atom. The third kappa shape index (κ3) is 5.59. The first-order chi connectivity index (χ1) is 13.1. The predicted octanol–water partition coefficient (Wildman–Crippen LogP) is 6.30. The zero-order chi connectivity index (χ0) is 20.9. The van der Waals surface area contributed by atoms with Crippen molar-refractivity contribution in [2.24, 2.45) is 0 Å². The SMILES string of the molecule is CCN(c1ccccc1)c1cc(Cl)c(SOC(C)(C)C(C)(C)O)cc1SNC. The molecule has 4 nitrogen and oxygen atoms in total. The molecule has 0 fully saturated rings. The predicted molar refractivity (Wildman–Crippen MR) is 123 cm³/mol. The molecule has 0 aliphatic rings.